The van der Waals surface area contributed by atoms with Crippen LogP contribution in [0.4, 0.5) is 0 Å². The van der Waals surface area contributed by atoms with Gasteiger partial charge in [-0.15, -0.1) is 0 Å². The van der Waals surface area contributed by atoms with Gasteiger partial charge in [-0.2, -0.15) is 0 Å². The van der Waals surface area contributed by atoms with Crippen LogP contribution in [0.15, 0.2) is 109 Å². The Hall–Kier alpha value is -5.06. The number of rotatable bonds is 11. The molecule has 0 spiro atoms. The summed E-state index contributed by atoms with van der Waals surface area (Å²) in [5.41, 5.74) is 8.99. The molecular formula is C43H45N3O6. The molecule has 0 aliphatic carbocycles. The molecular weight excluding hydrogens is 654 g/mol. The van der Waals surface area contributed by atoms with Crippen molar-refractivity contribution in [3.63, 3.8) is 0 Å². The Bertz CT molecular complexity index is 1970. The summed E-state index contributed by atoms with van der Waals surface area (Å²) in [6.45, 7) is 5.03. The number of hydrogen-bond donors (Lipinski definition) is 2. The van der Waals surface area contributed by atoms with E-state index >= 15 is 0 Å². The first kappa shape index (κ1) is 35.3. The van der Waals surface area contributed by atoms with Crippen molar-refractivity contribution in [3.05, 3.63) is 148 Å². The van der Waals surface area contributed by atoms with Gasteiger partial charge in [0.25, 0.3) is 5.91 Å². The van der Waals surface area contributed by atoms with E-state index in [4.69, 9.17) is 18.9 Å². The molecule has 3 heterocycles. The Kier molecular flexibility index (Phi) is 10.9. The Morgan fingerprint density at radius 1 is 0.904 bits per heavy atom. The molecule has 2 N–H and O–H groups in total. The summed E-state index contributed by atoms with van der Waals surface area (Å²) < 4.78 is 24.8. The van der Waals surface area contributed by atoms with E-state index in [0.29, 0.717) is 12.1 Å². The van der Waals surface area contributed by atoms with Gasteiger partial charge in [0.2, 0.25) is 0 Å². The smallest absolute Gasteiger partial charge is 0.253 e. The van der Waals surface area contributed by atoms with Crippen LogP contribution in [0.3, 0.4) is 0 Å². The molecule has 0 radical (unpaired) electrons. The zero-order chi connectivity index (χ0) is 36.0. The lowest BCUT2D eigenvalue weighted by molar-refractivity contribution is -0.276. The minimum atomic E-state index is -0.576. The van der Waals surface area contributed by atoms with Crippen molar-refractivity contribution in [1.29, 1.82) is 0 Å². The van der Waals surface area contributed by atoms with E-state index < -0.39 is 6.29 Å². The predicted molar refractivity (Wildman–Crippen MR) is 199 cm³/mol. The maximum absolute atomic E-state index is 12.7. The first-order valence-electron chi connectivity index (χ1n) is 17.8. The van der Waals surface area contributed by atoms with Gasteiger partial charge in [0.1, 0.15) is 0 Å². The molecule has 1 aromatic heterocycles. The number of aliphatic hydroxyl groups excluding tert-OH is 1. The second kappa shape index (κ2) is 16.1. The van der Waals surface area contributed by atoms with Crippen LogP contribution < -0.4 is 14.8 Å². The van der Waals surface area contributed by atoms with Crippen LogP contribution in [-0.2, 0) is 35.6 Å². The van der Waals surface area contributed by atoms with E-state index in [-0.39, 0.29) is 30.6 Å². The van der Waals surface area contributed by atoms with Gasteiger partial charge in [-0.05, 0) is 69.6 Å². The summed E-state index contributed by atoms with van der Waals surface area (Å²) in [4.78, 5) is 19.2. The van der Waals surface area contributed by atoms with Gasteiger partial charge in [-0.1, -0.05) is 79.7 Å². The van der Waals surface area contributed by atoms with Gasteiger partial charge < -0.3 is 29.4 Å². The third-order valence-corrected chi connectivity index (χ3v) is 10.2. The quantitative estimate of drug-likeness (QED) is 0.152. The van der Waals surface area contributed by atoms with Crippen LogP contribution in [0.1, 0.15) is 63.1 Å². The lowest BCUT2D eigenvalue weighted by atomic mass is 9.89. The van der Waals surface area contributed by atoms with Gasteiger partial charge in [-0.25, -0.2) is 0 Å². The van der Waals surface area contributed by atoms with E-state index in [2.05, 4.69) is 76.7 Å². The number of amides is 1. The molecule has 2 aliphatic heterocycles. The van der Waals surface area contributed by atoms with Crippen molar-refractivity contribution in [3.8, 4) is 22.6 Å². The fourth-order valence-corrected chi connectivity index (χ4v) is 7.23. The number of aliphatic hydroxyl groups is 1. The van der Waals surface area contributed by atoms with Crippen molar-refractivity contribution in [2.45, 2.75) is 51.5 Å². The second-order valence-electron chi connectivity index (χ2n) is 13.5. The SMILES string of the molecule is COc1cc2c(cc1OC)CN(C[C@H]1O[C@@H](c3ccc(-c4ccccc4CNC(=O)c4cccnc4)cc3)O[C@@H](c3ccc(CO)cc3)[C@H]1C)CC2. The van der Waals surface area contributed by atoms with Crippen molar-refractivity contribution in [1.82, 2.24) is 15.2 Å². The highest BCUT2D eigenvalue weighted by atomic mass is 16.7. The van der Waals surface area contributed by atoms with Crippen LogP contribution in [0.2, 0.25) is 0 Å². The van der Waals surface area contributed by atoms with E-state index in [1.54, 1.807) is 38.7 Å². The monoisotopic (exact) mass is 699 g/mol. The Morgan fingerprint density at radius 2 is 1.63 bits per heavy atom. The fraction of sp³-hybridized carbons (Fsp3) is 0.302. The summed E-state index contributed by atoms with van der Waals surface area (Å²) in [6, 6.07) is 32.1. The molecule has 9 nitrogen and oxygen atoms in total. The molecule has 0 saturated carbocycles. The minimum absolute atomic E-state index is 0.00480. The average Bonchev–Trinajstić information content (AvgIpc) is 3.20. The van der Waals surface area contributed by atoms with Gasteiger partial charge in [0, 0.05) is 50.1 Å². The van der Waals surface area contributed by atoms with Gasteiger partial charge in [0.15, 0.2) is 17.8 Å². The normalized spacial score (nSPS) is 20.2. The summed E-state index contributed by atoms with van der Waals surface area (Å²) in [5.74, 6) is 1.40. The van der Waals surface area contributed by atoms with E-state index in [1.165, 1.54) is 11.1 Å². The highest BCUT2D eigenvalue weighted by molar-refractivity contribution is 5.93. The zero-order valence-electron chi connectivity index (χ0n) is 29.8. The van der Waals surface area contributed by atoms with Crippen molar-refractivity contribution >= 4 is 5.91 Å². The third-order valence-electron chi connectivity index (χ3n) is 10.2. The number of benzene rings is 4. The zero-order valence-corrected chi connectivity index (χ0v) is 29.8. The number of fused-ring (bicyclic) bond motifs is 1. The molecule has 7 rings (SSSR count). The number of carbonyl (C=O) groups excluding carboxylic acids is 1. The number of nitrogens with one attached hydrogen (secondary N) is 1. The lowest BCUT2D eigenvalue weighted by Crippen LogP contribution is -2.45. The van der Waals surface area contributed by atoms with Crippen LogP contribution in [0.25, 0.3) is 11.1 Å². The third kappa shape index (κ3) is 7.73. The summed E-state index contributed by atoms with van der Waals surface area (Å²) in [7, 11) is 3.35. The number of aromatic nitrogens is 1. The van der Waals surface area contributed by atoms with Gasteiger partial charge in [-0.3, -0.25) is 14.7 Å². The number of methoxy groups -OCH3 is 2. The van der Waals surface area contributed by atoms with E-state index in [9.17, 15) is 9.90 Å². The lowest BCUT2D eigenvalue weighted by Gasteiger charge is -2.43. The maximum Gasteiger partial charge on any atom is 0.253 e. The highest BCUT2D eigenvalue weighted by Crippen LogP contribution is 2.43. The molecule has 52 heavy (non-hydrogen) atoms. The summed E-state index contributed by atoms with van der Waals surface area (Å²) in [6.07, 6.45) is 3.25. The minimum Gasteiger partial charge on any atom is -0.493 e. The van der Waals surface area contributed by atoms with Crippen LogP contribution >= 0.6 is 0 Å². The molecule has 0 bridgehead atoms. The first-order chi connectivity index (χ1) is 25.4. The molecule has 2 aliphatic rings. The number of nitrogens with zero attached hydrogens (tertiary/aromatic N) is 2. The topological polar surface area (TPSA) is 102 Å². The number of ether oxygens (including phenoxy) is 4. The van der Waals surface area contributed by atoms with Gasteiger partial charge in [0.05, 0.1) is 38.6 Å². The predicted octanol–water partition coefficient (Wildman–Crippen LogP) is 7.04. The standard InChI is InChI=1S/C43H45N3O6/c1-28-40(26-46-20-18-33-21-38(49-2)39(50-3)22-36(33)25-46)51-43(52-41(28)31-12-10-29(27-47)11-13-31)32-16-14-30(15-17-32)37-9-5-4-7-34(37)24-45-42(48)35-8-6-19-44-23-35/h4-17,19,21-23,28,40-41,43,47H,18,20,24-27H2,1-3H3,(H,45,48)/t28-,40+,41+,43+/m0/s1. The Balaban J connectivity index is 1.11. The van der Waals surface area contributed by atoms with E-state index in [0.717, 1.165) is 70.9 Å². The second-order valence-corrected chi connectivity index (χ2v) is 13.5. The fourth-order valence-electron chi connectivity index (χ4n) is 7.23. The molecule has 1 amide bonds. The first-order valence-corrected chi connectivity index (χ1v) is 17.8. The summed E-state index contributed by atoms with van der Waals surface area (Å²) in [5, 5.41) is 12.7. The highest BCUT2D eigenvalue weighted by Gasteiger charge is 2.39. The van der Waals surface area contributed by atoms with Crippen molar-refractivity contribution < 1.29 is 28.8 Å². The average molecular weight is 700 g/mol. The Labute approximate surface area is 305 Å². The van der Waals surface area contributed by atoms with Crippen molar-refractivity contribution in [2.75, 3.05) is 27.3 Å². The largest absolute Gasteiger partial charge is 0.493 e. The van der Waals surface area contributed by atoms with Crippen molar-refractivity contribution in [2.24, 2.45) is 5.92 Å². The molecule has 4 aromatic carbocycles. The number of hydrogen-bond acceptors (Lipinski definition) is 8. The number of pyridine rings is 1. The van der Waals surface area contributed by atoms with Crippen LogP contribution in [0.5, 0.6) is 11.5 Å². The molecule has 268 valence electrons. The maximum atomic E-state index is 12.7. The molecule has 0 unspecified atom stereocenters. The van der Waals surface area contributed by atoms with Gasteiger partial charge >= 0.3 is 0 Å². The van der Waals surface area contributed by atoms with Crippen LogP contribution in [0, 0.1) is 5.92 Å². The molecule has 1 fully saturated rings. The molecule has 9 heteroatoms. The number of carbonyl (C=O) groups is 1. The van der Waals surface area contributed by atoms with E-state index in [1.807, 2.05) is 30.3 Å². The molecule has 5 aromatic rings. The summed E-state index contributed by atoms with van der Waals surface area (Å²) >= 11 is 0. The Morgan fingerprint density at radius 3 is 2.35 bits per heavy atom. The van der Waals surface area contributed by atoms with Crippen LogP contribution in [-0.4, -0.2) is 54.3 Å². The molecule has 1 saturated heterocycles. The molecule has 4 atom stereocenters.